The van der Waals surface area contributed by atoms with E-state index in [4.69, 9.17) is 47.4 Å². The van der Waals surface area contributed by atoms with Crippen molar-refractivity contribution in [3.05, 3.63) is 11.6 Å². The van der Waals surface area contributed by atoms with Crippen LogP contribution in [-0.4, -0.2) is 280 Å². The van der Waals surface area contributed by atoms with Crippen molar-refractivity contribution in [2.75, 3.05) is 46.2 Å². The van der Waals surface area contributed by atoms with Gasteiger partial charge in [-0.2, -0.15) is 0 Å². The fraction of sp³-hybridized carbons (Fsp3) is 0.947. The first kappa shape index (κ1) is 66.1. The van der Waals surface area contributed by atoms with Crippen molar-refractivity contribution < 1.29 is 139 Å². The number of ether oxygens (including phenoxy) is 10. The lowest BCUT2D eigenvalue weighted by atomic mass is 9.33. The molecule has 0 aromatic heterocycles. The number of aliphatic hydroxyl groups is 17. The van der Waals surface area contributed by atoms with Gasteiger partial charge in [0.05, 0.1) is 83.2 Å². The second-order valence-electron chi connectivity index (χ2n) is 27.9. The largest absolute Gasteiger partial charge is 0.407 e. The second kappa shape index (κ2) is 23.7. The SMILES string of the molecule is C[C@@H]1O[C@@H](O[C@]2(OC(=O)[C@]34CCC(C)(C)C[C@@H]3C3=CC[C@@H]5[C@@]6(C)C[C@H](O)[C@H](O[C@@H]7O[C@H](CO)[C@@H](O)[C@H](O)[C@H]7O)C(CO)(CO)[C@@H]6CC[C@@]5(C)[C@]3(C)C[C@H]4O)C[C@@H](O)[C@@H](O)CO2)[C@H](O)[C@H](O)[C@H]1O[C@@H]1OC[C@@H](O)[C@H](O[C@@H]2OC[C@](O)(CO)[C@H]2O)[C@H]1O. The van der Waals surface area contributed by atoms with Crippen molar-refractivity contribution in [3.8, 4) is 0 Å². The summed E-state index contributed by atoms with van der Waals surface area (Å²) in [7, 11) is 0. The fourth-order valence-corrected chi connectivity index (χ4v) is 17.4. The Kier molecular flexibility index (Phi) is 18.4. The Bertz CT molecular complexity index is 2400. The van der Waals surface area contributed by atoms with Crippen LogP contribution in [0.25, 0.3) is 0 Å². The van der Waals surface area contributed by atoms with Gasteiger partial charge in [-0.05, 0) is 97.7 Å². The van der Waals surface area contributed by atoms with E-state index in [1.54, 1.807) is 0 Å². The summed E-state index contributed by atoms with van der Waals surface area (Å²) >= 11 is 0. The van der Waals surface area contributed by atoms with Crippen LogP contribution in [0.5, 0.6) is 0 Å². The third kappa shape index (κ3) is 10.6. The molecule has 5 saturated heterocycles. The Hall–Kier alpha value is -1.83. The molecule has 5 aliphatic heterocycles. The maximum Gasteiger partial charge on any atom is 0.334 e. The molecular formula is C57H92O28. The van der Waals surface area contributed by atoms with Crippen molar-refractivity contribution in [1.29, 1.82) is 0 Å². The topological polar surface area (TPSA) is 453 Å². The highest BCUT2D eigenvalue weighted by Gasteiger charge is 2.74. The van der Waals surface area contributed by atoms with Gasteiger partial charge < -0.3 is 129 Å². The summed E-state index contributed by atoms with van der Waals surface area (Å²) < 4.78 is 59.0. The number of carbonyl (C=O) groups is 1. The Morgan fingerprint density at radius 3 is 1.96 bits per heavy atom. The Morgan fingerprint density at radius 2 is 1.32 bits per heavy atom. The van der Waals surface area contributed by atoms with Crippen LogP contribution in [0.3, 0.4) is 0 Å². The van der Waals surface area contributed by atoms with E-state index in [0.29, 0.717) is 32.1 Å². The molecule has 0 unspecified atom stereocenters. The van der Waals surface area contributed by atoms with Gasteiger partial charge in [-0.3, -0.25) is 9.53 Å². The fourth-order valence-electron chi connectivity index (χ4n) is 17.4. The zero-order valence-corrected chi connectivity index (χ0v) is 48.8. The molecule has 0 aromatic rings. The van der Waals surface area contributed by atoms with Gasteiger partial charge in [0.1, 0.15) is 84.3 Å². The molecule has 0 bridgehead atoms. The molecule has 28 heteroatoms. The lowest BCUT2D eigenvalue weighted by Gasteiger charge is -2.72. The van der Waals surface area contributed by atoms with Crippen LogP contribution in [0.2, 0.25) is 0 Å². The molecule has 10 aliphatic rings. The summed E-state index contributed by atoms with van der Waals surface area (Å²) in [6, 6.07) is 0. The molecule has 0 radical (unpaired) electrons. The van der Waals surface area contributed by atoms with Crippen molar-refractivity contribution in [2.24, 2.45) is 50.2 Å². The molecular weight excluding hydrogens is 1130 g/mol. The second-order valence-corrected chi connectivity index (χ2v) is 27.9. The number of carbonyl (C=O) groups excluding carboxylic acids is 1. The van der Waals surface area contributed by atoms with Crippen LogP contribution in [-0.2, 0) is 52.2 Å². The van der Waals surface area contributed by atoms with E-state index in [9.17, 15) is 86.8 Å². The average molecular weight is 1230 g/mol. The van der Waals surface area contributed by atoms with Gasteiger partial charge in [0.2, 0.25) is 0 Å². The summed E-state index contributed by atoms with van der Waals surface area (Å²) in [5.41, 5.74) is -7.13. The zero-order valence-electron chi connectivity index (χ0n) is 48.8. The number of hydrogen-bond donors (Lipinski definition) is 17. The van der Waals surface area contributed by atoms with Gasteiger partial charge in [-0.25, -0.2) is 0 Å². The summed E-state index contributed by atoms with van der Waals surface area (Å²) in [5, 5.41) is 188. The van der Waals surface area contributed by atoms with E-state index in [1.165, 1.54) is 6.92 Å². The van der Waals surface area contributed by atoms with Gasteiger partial charge in [0.15, 0.2) is 25.2 Å². The smallest absolute Gasteiger partial charge is 0.334 e. The third-order valence-corrected chi connectivity index (χ3v) is 22.6. The van der Waals surface area contributed by atoms with Crippen LogP contribution in [0.4, 0.5) is 0 Å². The minimum Gasteiger partial charge on any atom is -0.407 e. The molecule has 85 heavy (non-hydrogen) atoms. The summed E-state index contributed by atoms with van der Waals surface area (Å²) in [4.78, 5) is 15.7. The quantitative estimate of drug-likeness (QED) is 0.0335. The van der Waals surface area contributed by atoms with Crippen molar-refractivity contribution >= 4 is 5.97 Å². The van der Waals surface area contributed by atoms with E-state index in [1.807, 2.05) is 6.92 Å². The number of aliphatic hydroxyl groups excluding tert-OH is 16. The number of allylic oxidation sites excluding steroid dienone is 2. The number of rotatable bonds is 14. The van der Waals surface area contributed by atoms with E-state index in [2.05, 4.69) is 33.8 Å². The molecule has 30 atom stereocenters. The molecule has 0 aromatic carbocycles. The van der Waals surface area contributed by atoms with Crippen LogP contribution in [0.1, 0.15) is 99.3 Å². The average Bonchev–Trinajstić information content (AvgIpc) is 0.979. The van der Waals surface area contributed by atoms with E-state index in [-0.39, 0.29) is 30.6 Å². The van der Waals surface area contributed by atoms with E-state index < -0.39 is 238 Å². The van der Waals surface area contributed by atoms with E-state index in [0.717, 1.165) is 5.57 Å². The lowest BCUT2D eigenvalue weighted by Crippen LogP contribution is -2.72. The Labute approximate surface area is 491 Å². The summed E-state index contributed by atoms with van der Waals surface area (Å²) in [6.07, 6.45) is -30.4. The first-order valence-electron chi connectivity index (χ1n) is 29.9. The minimum atomic E-state index is -2.62. The highest BCUT2D eigenvalue weighted by Crippen LogP contribution is 2.76. The number of esters is 1. The van der Waals surface area contributed by atoms with Crippen molar-refractivity contribution in [3.63, 3.8) is 0 Å². The Balaban J connectivity index is 0.895. The van der Waals surface area contributed by atoms with Gasteiger partial charge >= 0.3 is 11.9 Å². The predicted molar refractivity (Wildman–Crippen MR) is 281 cm³/mol. The number of fused-ring (bicyclic) bond motifs is 7. The Morgan fingerprint density at radius 1 is 0.635 bits per heavy atom. The zero-order chi connectivity index (χ0) is 62.1. The molecule has 10 rings (SSSR count). The van der Waals surface area contributed by atoms with E-state index >= 15 is 4.79 Å². The molecule has 5 heterocycles. The lowest BCUT2D eigenvalue weighted by molar-refractivity contribution is -0.454. The first-order valence-corrected chi connectivity index (χ1v) is 29.9. The summed E-state index contributed by atoms with van der Waals surface area (Å²) in [5.74, 6) is -5.07. The van der Waals surface area contributed by atoms with Gasteiger partial charge in [0.25, 0.3) is 0 Å². The first-order chi connectivity index (χ1) is 39.8. The molecule has 488 valence electrons. The summed E-state index contributed by atoms with van der Waals surface area (Å²) in [6.45, 7) is 7.19. The van der Waals surface area contributed by atoms with Crippen LogP contribution < -0.4 is 0 Å². The maximum atomic E-state index is 15.7. The van der Waals surface area contributed by atoms with Crippen LogP contribution in [0.15, 0.2) is 11.6 Å². The minimum absolute atomic E-state index is 0.0371. The monoisotopic (exact) mass is 1220 g/mol. The molecule has 4 saturated carbocycles. The molecule has 28 nitrogen and oxygen atoms in total. The maximum absolute atomic E-state index is 15.7. The highest BCUT2D eigenvalue weighted by molar-refractivity contribution is 5.80. The van der Waals surface area contributed by atoms with Crippen molar-refractivity contribution in [1.82, 2.24) is 0 Å². The third-order valence-electron chi connectivity index (χ3n) is 22.6. The van der Waals surface area contributed by atoms with Gasteiger partial charge in [0, 0.05) is 5.41 Å². The van der Waals surface area contributed by atoms with Crippen LogP contribution in [0, 0.1) is 50.2 Å². The predicted octanol–water partition coefficient (Wildman–Crippen LogP) is -5.03. The molecule has 0 amide bonds. The molecule has 0 spiro atoms. The van der Waals surface area contributed by atoms with Crippen LogP contribution >= 0.6 is 0 Å². The highest BCUT2D eigenvalue weighted by atomic mass is 16.9. The molecule has 17 N–H and O–H groups in total. The standard InChI is InChI=1S/C57H92O28/c1-24-41(81-45-40(72)42(30(65)18-76-45)82-48-43(73)55(75,22-61)23-77-48)37(69)39(71)47(79-24)84-57(15-27(62)29(64)19-78-57)85-49(74)56-12-11-50(2,3)13-26(56)25-7-8-32-51(4)14-28(63)44(83-46-38(70)36(68)35(67)31(17-58)80-46)54(20-59,21-60)33(51)9-10-52(32,5)53(25,6)16-34(56)66/h7,24,26-48,58-73,75H,8-23H2,1-6H3/t24-,26+,27+,28-,29-,30+,31+,32+,33+,34+,35+,36-,37-,38+,39+,40+,41-,42-,43-,44-,45-,46-,47-,48-,51+,52+,53+,55+,56+,57-/m0/s1. The molecule has 9 fully saturated rings. The normalized spacial score (nSPS) is 54.0. The molecule has 5 aliphatic carbocycles. The van der Waals surface area contributed by atoms with Gasteiger partial charge in [-0.1, -0.05) is 46.3 Å². The van der Waals surface area contributed by atoms with Crippen molar-refractivity contribution in [2.45, 2.75) is 240 Å². The number of hydrogen-bond acceptors (Lipinski definition) is 28. The van der Waals surface area contributed by atoms with Gasteiger partial charge in [-0.15, -0.1) is 0 Å².